The Morgan fingerprint density at radius 3 is 3.08 bits per heavy atom. The van der Waals surface area contributed by atoms with Gasteiger partial charge in [0.2, 0.25) is 0 Å². The van der Waals surface area contributed by atoms with Crippen LogP contribution in [0, 0.1) is 0 Å². The predicted octanol–water partition coefficient (Wildman–Crippen LogP) is 3.90. The van der Waals surface area contributed by atoms with E-state index in [1.165, 1.54) is 6.39 Å². The molecule has 68 valence electrons. The van der Waals surface area contributed by atoms with E-state index in [0.717, 1.165) is 20.8 Å². The lowest BCUT2D eigenvalue weighted by Gasteiger charge is -1.91. The number of aromatic nitrogens is 1. The van der Waals surface area contributed by atoms with Crippen molar-refractivity contribution in [1.29, 1.82) is 0 Å². The molecular formula is C8H5BrClNOS. The van der Waals surface area contributed by atoms with Crippen molar-refractivity contribution in [3.05, 3.63) is 27.3 Å². The predicted molar refractivity (Wildman–Crippen MR) is 57.1 cm³/mol. The summed E-state index contributed by atoms with van der Waals surface area (Å²) >= 11 is 10.7. The average Bonchev–Trinajstić information content (AvgIpc) is 2.71. The van der Waals surface area contributed by atoms with Gasteiger partial charge in [-0.2, -0.15) is 0 Å². The summed E-state index contributed by atoms with van der Waals surface area (Å²) in [5.74, 6) is 1.14. The molecule has 0 bridgehead atoms. The first kappa shape index (κ1) is 9.24. The van der Waals surface area contributed by atoms with Crippen LogP contribution >= 0.6 is 38.9 Å². The average molecular weight is 279 g/mol. The second kappa shape index (κ2) is 3.82. The molecule has 0 aliphatic rings. The summed E-state index contributed by atoms with van der Waals surface area (Å²) in [5.41, 5.74) is 1.80. The van der Waals surface area contributed by atoms with Crippen molar-refractivity contribution >= 4 is 38.9 Å². The molecule has 0 unspecified atom stereocenters. The van der Waals surface area contributed by atoms with Gasteiger partial charge >= 0.3 is 0 Å². The number of nitrogens with zero attached hydrogens (tertiary/aromatic N) is 1. The zero-order valence-electron chi connectivity index (χ0n) is 6.46. The summed E-state index contributed by atoms with van der Waals surface area (Å²) in [5, 5.41) is 2.00. The summed E-state index contributed by atoms with van der Waals surface area (Å²) in [4.78, 5) is 4.01. The Balaban J connectivity index is 2.45. The van der Waals surface area contributed by atoms with Crippen LogP contribution in [0.3, 0.4) is 0 Å². The van der Waals surface area contributed by atoms with Gasteiger partial charge in [0, 0.05) is 10.9 Å². The fraction of sp³-hybridized carbons (Fsp3) is 0.125. The molecule has 13 heavy (non-hydrogen) atoms. The fourth-order valence-electron chi connectivity index (χ4n) is 1.03. The Morgan fingerprint density at radius 2 is 2.46 bits per heavy atom. The van der Waals surface area contributed by atoms with Crippen molar-refractivity contribution in [2.75, 3.05) is 0 Å². The molecule has 0 fully saturated rings. The molecule has 5 heteroatoms. The normalized spacial score (nSPS) is 10.6. The maximum Gasteiger partial charge on any atom is 0.181 e. The van der Waals surface area contributed by atoms with Crippen molar-refractivity contribution in [2.24, 2.45) is 0 Å². The fourth-order valence-corrected chi connectivity index (χ4v) is 2.36. The molecule has 0 saturated carbocycles. The van der Waals surface area contributed by atoms with Gasteiger partial charge in [-0.1, -0.05) is 0 Å². The van der Waals surface area contributed by atoms with Gasteiger partial charge in [0.25, 0.3) is 0 Å². The van der Waals surface area contributed by atoms with Crippen LogP contribution in [0.4, 0.5) is 0 Å². The number of alkyl halides is 1. The van der Waals surface area contributed by atoms with Gasteiger partial charge in [-0.3, -0.25) is 0 Å². The van der Waals surface area contributed by atoms with Crippen LogP contribution in [-0.2, 0) is 5.88 Å². The van der Waals surface area contributed by atoms with Crippen molar-refractivity contribution in [3.63, 3.8) is 0 Å². The number of hydrogen-bond acceptors (Lipinski definition) is 3. The van der Waals surface area contributed by atoms with Crippen LogP contribution in [0.15, 0.2) is 26.0 Å². The lowest BCUT2D eigenvalue weighted by Crippen LogP contribution is -1.79. The third-order valence-corrected chi connectivity index (χ3v) is 3.36. The van der Waals surface area contributed by atoms with E-state index < -0.39 is 0 Å². The quantitative estimate of drug-likeness (QED) is 0.779. The molecule has 2 aromatic heterocycles. The highest BCUT2D eigenvalue weighted by Gasteiger charge is 2.10. The van der Waals surface area contributed by atoms with E-state index in [-0.39, 0.29) is 0 Å². The summed E-state index contributed by atoms with van der Waals surface area (Å²) < 4.78 is 6.31. The van der Waals surface area contributed by atoms with Crippen LogP contribution in [0.25, 0.3) is 11.3 Å². The first-order valence-electron chi connectivity index (χ1n) is 3.54. The lowest BCUT2D eigenvalue weighted by molar-refractivity contribution is 0.571. The third kappa shape index (κ3) is 1.80. The highest BCUT2D eigenvalue weighted by molar-refractivity contribution is 9.11. The monoisotopic (exact) mass is 277 g/mol. The largest absolute Gasteiger partial charge is 0.443 e. The van der Waals surface area contributed by atoms with Gasteiger partial charge in [0.05, 0.1) is 9.67 Å². The van der Waals surface area contributed by atoms with Crippen LogP contribution in [-0.4, -0.2) is 4.98 Å². The van der Waals surface area contributed by atoms with Crippen LogP contribution in [0.5, 0.6) is 0 Å². The van der Waals surface area contributed by atoms with Gasteiger partial charge in [0.15, 0.2) is 12.2 Å². The van der Waals surface area contributed by atoms with E-state index >= 15 is 0 Å². The van der Waals surface area contributed by atoms with Gasteiger partial charge in [0.1, 0.15) is 5.69 Å². The number of oxazole rings is 1. The number of halogens is 2. The Labute approximate surface area is 92.7 Å². The smallest absolute Gasteiger partial charge is 0.181 e. The van der Waals surface area contributed by atoms with Gasteiger partial charge < -0.3 is 4.42 Å². The molecule has 0 radical (unpaired) electrons. The molecule has 0 spiro atoms. The Morgan fingerprint density at radius 1 is 1.62 bits per heavy atom. The molecular weight excluding hydrogens is 274 g/mol. The minimum absolute atomic E-state index is 0.374. The number of thiophene rings is 1. The standard InChI is InChI=1S/C8H5BrClNOS/c9-7-1-5(3-13-7)8-6(2-10)11-4-12-8/h1,3-4H,2H2. The molecule has 0 aliphatic carbocycles. The van der Waals surface area contributed by atoms with Crippen molar-refractivity contribution in [2.45, 2.75) is 5.88 Å². The molecule has 2 heterocycles. The lowest BCUT2D eigenvalue weighted by atomic mass is 10.2. The second-order valence-corrected chi connectivity index (χ2v) is 4.96. The molecule has 0 amide bonds. The molecule has 0 aromatic carbocycles. The van der Waals surface area contributed by atoms with Crippen LogP contribution in [0.2, 0.25) is 0 Å². The molecule has 0 atom stereocenters. The first-order chi connectivity index (χ1) is 6.31. The van der Waals surface area contributed by atoms with E-state index in [2.05, 4.69) is 20.9 Å². The first-order valence-corrected chi connectivity index (χ1v) is 5.74. The van der Waals surface area contributed by atoms with E-state index in [9.17, 15) is 0 Å². The zero-order valence-corrected chi connectivity index (χ0v) is 9.62. The van der Waals surface area contributed by atoms with E-state index in [1.54, 1.807) is 11.3 Å². The molecule has 2 rings (SSSR count). The number of hydrogen-bond donors (Lipinski definition) is 0. The molecule has 0 saturated heterocycles. The maximum absolute atomic E-state index is 5.70. The second-order valence-electron chi connectivity index (χ2n) is 2.40. The van der Waals surface area contributed by atoms with Crippen molar-refractivity contribution in [3.8, 4) is 11.3 Å². The molecule has 2 aromatic rings. The Bertz CT molecular complexity index is 412. The summed E-state index contributed by atoms with van der Waals surface area (Å²) in [6, 6.07) is 1.99. The molecule has 0 N–H and O–H groups in total. The Hall–Kier alpha value is -0.320. The van der Waals surface area contributed by atoms with Crippen molar-refractivity contribution < 1.29 is 4.42 Å². The number of rotatable bonds is 2. The van der Waals surface area contributed by atoms with Crippen LogP contribution < -0.4 is 0 Å². The summed E-state index contributed by atoms with van der Waals surface area (Å²) in [6.07, 6.45) is 1.42. The highest BCUT2D eigenvalue weighted by Crippen LogP contribution is 2.31. The SMILES string of the molecule is ClCc1ncoc1-c1csc(Br)c1. The van der Waals surface area contributed by atoms with Gasteiger partial charge in [-0.05, 0) is 22.0 Å². The highest BCUT2D eigenvalue weighted by atomic mass is 79.9. The zero-order chi connectivity index (χ0) is 9.26. The van der Waals surface area contributed by atoms with Crippen molar-refractivity contribution in [1.82, 2.24) is 4.98 Å². The molecule has 0 aliphatic heterocycles. The maximum atomic E-state index is 5.70. The summed E-state index contributed by atoms with van der Waals surface area (Å²) in [7, 11) is 0. The van der Waals surface area contributed by atoms with Gasteiger partial charge in [-0.15, -0.1) is 22.9 Å². The minimum Gasteiger partial charge on any atom is -0.443 e. The van der Waals surface area contributed by atoms with E-state index in [1.807, 2.05) is 11.4 Å². The Kier molecular flexibility index (Phi) is 2.71. The topological polar surface area (TPSA) is 26.0 Å². The molecule has 2 nitrogen and oxygen atoms in total. The van der Waals surface area contributed by atoms with E-state index in [0.29, 0.717) is 5.88 Å². The van der Waals surface area contributed by atoms with Crippen LogP contribution in [0.1, 0.15) is 5.69 Å². The minimum atomic E-state index is 0.374. The van der Waals surface area contributed by atoms with Gasteiger partial charge in [-0.25, -0.2) is 4.98 Å². The van der Waals surface area contributed by atoms with E-state index in [4.69, 9.17) is 16.0 Å². The summed E-state index contributed by atoms with van der Waals surface area (Å²) in [6.45, 7) is 0. The third-order valence-electron chi connectivity index (χ3n) is 1.60.